The van der Waals surface area contributed by atoms with Crippen LogP contribution in [0.5, 0.6) is 5.75 Å². The highest BCUT2D eigenvalue weighted by Gasteiger charge is 2.07. The molecule has 0 fully saturated rings. The van der Waals surface area contributed by atoms with Crippen LogP contribution in [0.1, 0.15) is 30.1 Å². The monoisotopic (exact) mass is 312 g/mol. The molecule has 0 saturated heterocycles. The summed E-state index contributed by atoms with van der Waals surface area (Å²) >= 11 is 0. The number of ether oxygens (including phenoxy) is 1. The lowest BCUT2D eigenvalue weighted by molar-refractivity contribution is 0.102. The van der Waals surface area contributed by atoms with E-state index in [0.29, 0.717) is 11.3 Å². The van der Waals surface area contributed by atoms with Gasteiger partial charge in [0.2, 0.25) is 0 Å². The van der Waals surface area contributed by atoms with Crippen LogP contribution in [-0.4, -0.2) is 26.6 Å². The number of carbonyl (C=O) groups excluding carboxylic acids is 1. The molecule has 0 aliphatic heterocycles. The third kappa shape index (κ3) is 4.74. The van der Waals surface area contributed by atoms with Gasteiger partial charge in [-0.1, -0.05) is 19.4 Å². The number of unbranched alkanes of at least 4 members (excludes halogenated alkanes) is 1. The fourth-order valence-corrected chi connectivity index (χ4v) is 2.29. The number of benzene rings is 2. The Morgan fingerprint density at radius 3 is 2.57 bits per heavy atom. The summed E-state index contributed by atoms with van der Waals surface area (Å²) in [6, 6.07) is 15.0. The maximum atomic E-state index is 12.3. The van der Waals surface area contributed by atoms with Crippen LogP contribution in [0.25, 0.3) is 0 Å². The molecule has 1 amide bonds. The highest BCUT2D eigenvalue weighted by atomic mass is 16.5. The molecule has 2 aromatic carbocycles. The molecule has 2 aromatic rings. The van der Waals surface area contributed by atoms with Gasteiger partial charge in [0.05, 0.1) is 7.11 Å². The van der Waals surface area contributed by atoms with Crippen LogP contribution in [0, 0.1) is 0 Å². The Balaban J connectivity index is 2.01. The molecule has 0 unspecified atom stereocenters. The topological polar surface area (TPSA) is 41.6 Å². The lowest BCUT2D eigenvalue weighted by Gasteiger charge is -2.19. The van der Waals surface area contributed by atoms with Gasteiger partial charge in [-0.05, 0) is 48.9 Å². The SMILES string of the molecule is CCCCN(C)c1ccc(NC(=O)c2cccc(OC)c2)cc1. The van der Waals surface area contributed by atoms with E-state index in [4.69, 9.17) is 4.74 Å². The smallest absolute Gasteiger partial charge is 0.255 e. The van der Waals surface area contributed by atoms with E-state index in [-0.39, 0.29) is 5.91 Å². The number of amides is 1. The molecular weight excluding hydrogens is 288 g/mol. The van der Waals surface area contributed by atoms with E-state index in [2.05, 4.69) is 24.2 Å². The van der Waals surface area contributed by atoms with E-state index >= 15 is 0 Å². The van der Waals surface area contributed by atoms with Crippen molar-refractivity contribution in [2.75, 3.05) is 30.9 Å². The summed E-state index contributed by atoms with van der Waals surface area (Å²) < 4.78 is 5.14. The Kier molecular flexibility index (Phi) is 6.03. The summed E-state index contributed by atoms with van der Waals surface area (Å²) in [4.78, 5) is 14.5. The molecule has 2 rings (SSSR count). The van der Waals surface area contributed by atoms with Gasteiger partial charge in [-0.15, -0.1) is 0 Å². The van der Waals surface area contributed by atoms with E-state index < -0.39 is 0 Å². The minimum atomic E-state index is -0.143. The van der Waals surface area contributed by atoms with Gasteiger partial charge in [0.1, 0.15) is 5.75 Å². The van der Waals surface area contributed by atoms with Crippen molar-refractivity contribution >= 4 is 17.3 Å². The lowest BCUT2D eigenvalue weighted by Crippen LogP contribution is -2.18. The molecule has 0 bridgehead atoms. The first kappa shape index (κ1) is 16.9. The quantitative estimate of drug-likeness (QED) is 0.833. The van der Waals surface area contributed by atoms with Crippen molar-refractivity contribution < 1.29 is 9.53 Å². The van der Waals surface area contributed by atoms with Crippen molar-refractivity contribution in [1.29, 1.82) is 0 Å². The average molecular weight is 312 g/mol. The van der Waals surface area contributed by atoms with Crippen molar-refractivity contribution in [3.63, 3.8) is 0 Å². The Labute approximate surface area is 138 Å². The van der Waals surface area contributed by atoms with Crippen LogP contribution in [-0.2, 0) is 0 Å². The number of nitrogens with one attached hydrogen (secondary N) is 1. The lowest BCUT2D eigenvalue weighted by atomic mass is 10.2. The third-order valence-corrected chi connectivity index (χ3v) is 3.74. The van der Waals surface area contributed by atoms with E-state index in [1.165, 1.54) is 12.8 Å². The maximum Gasteiger partial charge on any atom is 0.255 e. The van der Waals surface area contributed by atoms with E-state index in [0.717, 1.165) is 17.9 Å². The van der Waals surface area contributed by atoms with Crippen LogP contribution >= 0.6 is 0 Å². The van der Waals surface area contributed by atoms with Crippen molar-refractivity contribution in [2.24, 2.45) is 0 Å². The first-order valence-corrected chi connectivity index (χ1v) is 7.90. The van der Waals surface area contributed by atoms with Crippen molar-refractivity contribution in [3.8, 4) is 5.75 Å². The van der Waals surface area contributed by atoms with Crippen molar-refractivity contribution in [2.45, 2.75) is 19.8 Å². The van der Waals surface area contributed by atoms with Crippen LogP contribution in [0.3, 0.4) is 0 Å². The standard InChI is InChI=1S/C19H24N2O2/c1-4-5-13-21(2)17-11-9-16(10-12-17)20-19(22)15-7-6-8-18(14-15)23-3/h6-12,14H,4-5,13H2,1-3H3,(H,20,22). The zero-order valence-electron chi connectivity index (χ0n) is 14.0. The maximum absolute atomic E-state index is 12.3. The van der Waals surface area contributed by atoms with Crippen LogP contribution in [0.15, 0.2) is 48.5 Å². The summed E-state index contributed by atoms with van der Waals surface area (Å²) in [6.45, 7) is 3.22. The van der Waals surface area contributed by atoms with Gasteiger partial charge in [-0.2, -0.15) is 0 Å². The second-order valence-corrected chi connectivity index (χ2v) is 5.51. The minimum absolute atomic E-state index is 0.143. The highest BCUT2D eigenvalue weighted by molar-refractivity contribution is 6.04. The van der Waals surface area contributed by atoms with Crippen LogP contribution < -0.4 is 15.0 Å². The van der Waals surface area contributed by atoms with Gasteiger partial charge in [-0.25, -0.2) is 0 Å². The molecule has 4 nitrogen and oxygen atoms in total. The molecule has 122 valence electrons. The second kappa shape index (κ2) is 8.22. The van der Waals surface area contributed by atoms with Gasteiger partial charge in [0, 0.05) is 30.5 Å². The molecule has 0 aliphatic rings. The first-order valence-electron chi connectivity index (χ1n) is 7.90. The number of nitrogens with zero attached hydrogens (tertiary/aromatic N) is 1. The molecule has 23 heavy (non-hydrogen) atoms. The van der Waals surface area contributed by atoms with E-state index in [1.807, 2.05) is 30.3 Å². The molecule has 1 N–H and O–H groups in total. The largest absolute Gasteiger partial charge is 0.497 e. The van der Waals surface area contributed by atoms with Crippen molar-refractivity contribution in [1.82, 2.24) is 0 Å². The predicted molar refractivity (Wildman–Crippen MR) is 95.6 cm³/mol. The molecule has 0 aromatic heterocycles. The Hall–Kier alpha value is -2.49. The Morgan fingerprint density at radius 1 is 1.17 bits per heavy atom. The number of anilines is 2. The third-order valence-electron chi connectivity index (χ3n) is 3.74. The fourth-order valence-electron chi connectivity index (χ4n) is 2.29. The number of rotatable bonds is 7. The molecule has 0 radical (unpaired) electrons. The average Bonchev–Trinajstić information content (AvgIpc) is 2.60. The van der Waals surface area contributed by atoms with Gasteiger partial charge in [0.15, 0.2) is 0 Å². The summed E-state index contributed by atoms with van der Waals surface area (Å²) in [5.74, 6) is 0.529. The molecule has 0 heterocycles. The van der Waals surface area contributed by atoms with E-state index in [9.17, 15) is 4.79 Å². The normalized spacial score (nSPS) is 10.2. The minimum Gasteiger partial charge on any atom is -0.497 e. The molecule has 0 aliphatic carbocycles. The van der Waals surface area contributed by atoms with Crippen LogP contribution in [0.2, 0.25) is 0 Å². The number of methoxy groups -OCH3 is 1. The number of hydrogen-bond donors (Lipinski definition) is 1. The summed E-state index contributed by atoms with van der Waals surface area (Å²) in [5, 5.41) is 2.91. The molecular formula is C19H24N2O2. The second-order valence-electron chi connectivity index (χ2n) is 5.51. The molecule has 0 saturated carbocycles. The van der Waals surface area contributed by atoms with Gasteiger partial charge in [0.25, 0.3) is 5.91 Å². The predicted octanol–water partition coefficient (Wildman–Crippen LogP) is 4.18. The van der Waals surface area contributed by atoms with Crippen LogP contribution in [0.4, 0.5) is 11.4 Å². The molecule has 0 atom stereocenters. The summed E-state index contributed by atoms with van der Waals surface area (Å²) in [7, 11) is 3.67. The number of hydrogen-bond acceptors (Lipinski definition) is 3. The van der Waals surface area contributed by atoms with Gasteiger partial charge >= 0.3 is 0 Å². The first-order chi connectivity index (χ1) is 11.1. The molecule has 0 spiro atoms. The molecule has 4 heteroatoms. The van der Waals surface area contributed by atoms with Gasteiger partial charge < -0.3 is 15.0 Å². The highest BCUT2D eigenvalue weighted by Crippen LogP contribution is 2.19. The summed E-state index contributed by atoms with van der Waals surface area (Å²) in [5.41, 5.74) is 2.51. The number of carbonyl (C=O) groups is 1. The Bertz CT molecular complexity index is 638. The Morgan fingerprint density at radius 2 is 1.91 bits per heavy atom. The zero-order chi connectivity index (χ0) is 16.7. The summed E-state index contributed by atoms with van der Waals surface area (Å²) in [6.07, 6.45) is 2.35. The fraction of sp³-hybridized carbons (Fsp3) is 0.316. The van der Waals surface area contributed by atoms with E-state index in [1.54, 1.807) is 25.3 Å². The van der Waals surface area contributed by atoms with Crippen molar-refractivity contribution in [3.05, 3.63) is 54.1 Å². The van der Waals surface area contributed by atoms with Gasteiger partial charge in [-0.3, -0.25) is 4.79 Å². The zero-order valence-corrected chi connectivity index (χ0v) is 14.0.